The fourth-order valence-electron chi connectivity index (χ4n) is 4.26. The molecule has 0 atom stereocenters. The van der Waals surface area contributed by atoms with E-state index in [9.17, 15) is 13.2 Å². The number of hydrogen-bond acceptors (Lipinski definition) is 6. The molecule has 0 N–H and O–H groups in total. The van der Waals surface area contributed by atoms with Gasteiger partial charge in [-0.25, -0.2) is 13.4 Å². The molecular weight excluding hydrogens is 516 g/mol. The first-order chi connectivity index (χ1) is 17.4. The number of carbonyl (C=O) groups excluding carboxylic acids is 1. The fraction of sp³-hybridized carbons (Fsp3) is 0.269. The van der Waals surface area contributed by atoms with Crippen LogP contribution >= 0.6 is 22.9 Å². The zero-order valence-corrected chi connectivity index (χ0v) is 21.9. The summed E-state index contributed by atoms with van der Waals surface area (Å²) in [4.78, 5) is 24.3. The van der Waals surface area contributed by atoms with E-state index in [-0.39, 0.29) is 17.3 Å². The molecule has 5 rings (SSSR count). The third-order valence-electron chi connectivity index (χ3n) is 6.18. The standard InChI is InChI=1S/C26H25ClN4O3S2/c27-21-9-12-23-24(16-21)35-26(29-23)31(18-19-6-5-13-28-17-19)25(32)20-7-10-22(11-8-20)36(33,34)30-14-3-1-2-4-15-30/h5-13,16-17H,1-4,14-15,18H2. The average Bonchev–Trinajstić information content (AvgIpc) is 3.10. The molecule has 4 aromatic rings. The Morgan fingerprint density at radius 2 is 1.78 bits per heavy atom. The number of nitrogens with zero attached hydrogens (tertiary/aromatic N) is 4. The van der Waals surface area contributed by atoms with Crippen molar-refractivity contribution in [1.82, 2.24) is 14.3 Å². The average molecular weight is 541 g/mol. The van der Waals surface area contributed by atoms with Gasteiger partial charge in [0.2, 0.25) is 10.0 Å². The first-order valence-electron chi connectivity index (χ1n) is 11.8. The molecular formula is C26H25ClN4O3S2. The number of fused-ring (bicyclic) bond motifs is 1. The normalized spacial score (nSPS) is 15.0. The van der Waals surface area contributed by atoms with Crippen molar-refractivity contribution in [1.29, 1.82) is 0 Å². The van der Waals surface area contributed by atoms with E-state index in [1.807, 2.05) is 24.3 Å². The van der Waals surface area contributed by atoms with E-state index >= 15 is 0 Å². The van der Waals surface area contributed by atoms with Crippen LogP contribution in [0.2, 0.25) is 5.02 Å². The van der Waals surface area contributed by atoms with Crippen molar-refractivity contribution in [2.24, 2.45) is 0 Å². The SMILES string of the molecule is O=C(c1ccc(S(=O)(=O)N2CCCCCC2)cc1)N(Cc1cccnc1)c1nc2ccc(Cl)cc2s1. The lowest BCUT2D eigenvalue weighted by molar-refractivity contribution is 0.0985. The van der Waals surface area contributed by atoms with Crippen molar-refractivity contribution in [3.63, 3.8) is 0 Å². The van der Waals surface area contributed by atoms with E-state index in [0.29, 0.717) is 28.8 Å². The summed E-state index contributed by atoms with van der Waals surface area (Å²) >= 11 is 7.53. The van der Waals surface area contributed by atoms with Gasteiger partial charge in [-0.1, -0.05) is 41.8 Å². The van der Waals surface area contributed by atoms with Gasteiger partial charge in [0.15, 0.2) is 5.13 Å². The molecule has 1 aliphatic rings. The molecule has 186 valence electrons. The Bertz CT molecular complexity index is 1470. The zero-order chi connectivity index (χ0) is 25.1. The lowest BCUT2D eigenvalue weighted by Gasteiger charge is -2.21. The second kappa shape index (κ2) is 10.6. The van der Waals surface area contributed by atoms with Crippen LogP contribution in [-0.2, 0) is 16.6 Å². The maximum absolute atomic E-state index is 13.7. The molecule has 1 fully saturated rings. The molecule has 7 nitrogen and oxygen atoms in total. The van der Waals surface area contributed by atoms with Gasteiger partial charge in [0.05, 0.1) is 21.7 Å². The third-order valence-corrected chi connectivity index (χ3v) is 9.37. The Kier molecular flexibility index (Phi) is 7.34. The van der Waals surface area contributed by atoms with Gasteiger partial charge in [0, 0.05) is 36.1 Å². The van der Waals surface area contributed by atoms with Crippen LogP contribution in [0.25, 0.3) is 10.2 Å². The highest BCUT2D eigenvalue weighted by molar-refractivity contribution is 7.89. The second-order valence-corrected chi connectivity index (χ2v) is 12.1. The van der Waals surface area contributed by atoms with E-state index in [0.717, 1.165) is 41.5 Å². The van der Waals surface area contributed by atoms with Crippen LogP contribution in [-0.4, -0.2) is 41.7 Å². The lowest BCUT2D eigenvalue weighted by atomic mass is 10.2. The minimum Gasteiger partial charge on any atom is -0.279 e. The van der Waals surface area contributed by atoms with Crippen LogP contribution in [0.3, 0.4) is 0 Å². The van der Waals surface area contributed by atoms with Crippen LogP contribution in [0.4, 0.5) is 5.13 Å². The van der Waals surface area contributed by atoms with Crippen LogP contribution < -0.4 is 4.90 Å². The molecule has 2 aromatic heterocycles. The summed E-state index contributed by atoms with van der Waals surface area (Å²) in [7, 11) is -3.59. The smallest absolute Gasteiger partial charge is 0.260 e. The van der Waals surface area contributed by atoms with Crippen molar-refractivity contribution in [3.8, 4) is 0 Å². The molecule has 0 saturated carbocycles. The van der Waals surface area contributed by atoms with E-state index in [4.69, 9.17) is 11.6 Å². The number of carbonyl (C=O) groups is 1. The highest BCUT2D eigenvalue weighted by atomic mass is 35.5. The third kappa shape index (κ3) is 5.29. The second-order valence-electron chi connectivity index (χ2n) is 8.70. The molecule has 3 heterocycles. The minimum absolute atomic E-state index is 0.203. The molecule has 0 radical (unpaired) electrons. The van der Waals surface area contributed by atoms with Gasteiger partial charge in [0.1, 0.15) is 0 Å². The summed E-state index contributed by atoms with van der Waals surface area (Å²) in [5.41, 5.74) is 1.98. The largest absolute Gasteiger partial charge is 0.279 e. The van der Waals surface area contributed by atoms with E-state index in [1.54, 1.807) is 39.8 Å². The summed E-state index contributed by atoms with van der Waals surface area (Å²) in [6.07, 6.45) is 7.22. The summed E-state index contributed by atoms with van der Waals surface area (Å²) in [6.45, 7) is 1.33. The Balaban J connectivity index is 1.46. The van der Waals surface area contributed by atoms with Gasteiger partial charge in [0.25, 0.3) is 5.91 Å². The van der Waals surface area contributed by atoms with E-state index in [2.05, 4.69) is 9.97 Å². The van der Waals surface area contributed by atoms with Crippen LogP contribution in [0.1, 0.15) is 41.6 Å². The summed E-state index contributed by atoms with van der Waals surface area (Å²) < 4.78 is 28.7. The number of aromatic nitrogens is 2. The Labute approximate surface area is 219 Å². The molecule has 1 aliphatic heterocycles. The monoisotopic (exact) mass is 540 g/mol. The van der Waals surface area contributed by atoms with Crippen molar-refractivity contribution >= 4 is 54.2 Å². The van der Waals surface area contributed by atoms with Crippen LogP contribution in [0.5, 0.6) is 0 Å². The van der Waals surface area contributed by atoms with Gasteiger partial charge < -0.3 is 0 Å². The fourth-order valence-corrected chi connectivity index (χ4v) is 7.02. The molecule has 1 amide bonds. The molecule has 2 aromatic carbocycles. The van der Waals surface area contributed by atoms with Crippen molar-refractivity contribution in [2.75, 3.05) is 18.0 Å². The first kappa shape index (κ1) is 24.8. The Morgan fingerprint density at radius 3 is 2.47 bits per heavy atom. The Hall–Kier alpha value is -2.85. The van der Waals surface area contributed by atoms with Gasteiger partial charge in [-0.05, 0) is 66.9 Å². The molecule has 0 bridgehead atoms. The summed E-state index contributed by atoms with van der Waals surface area (Å²) in [5.74, 6) is -0.275. The quantitative estimate of drug-likeness (QED) is 0.310. The highest BCUT2D eigenvalue weighted by Gasteiger charge is 2.27. The van der Waals surface area contributed by atoms with Crippen molar-refractivity contribution < 1.29 is 13.2 Å². The predicted molar refractivity (Wildman–Crippen MR) is 143 cm³/mol. The maximum Gasteiger partial charge on any atom is 0.260 e. The van der Waals surface area contributed by atoms with Crippen molar-refractivity contribution in [2.45, 2.75) is 37.1 Å². The maximum atomic E-state index is 13.7. The number of thiazole rings is 1. The van der Waals surface area contributed by atoms with Crippen LogP contribution in [0, 0.1) is 0 Å². The molecule has 0 spiro atoms. The molecule has 36 heavy (non-hydrogen) atoms. The number of rotatable bonds is 6. The number of benzene rings is 2. The van der Waals surface area contributed by atoms with Gasteiger partial charge >= 0.3 is 0 Å². The lowest BCUT2D eigenvalue weighted by Crippen LogP contribution is -2.32. The molecule has 0 unspecified atom stereocenters. The van der Waals surface area contributed by atoms with E-state index < -0.39 is 10.0 Å². The molecule has 0 aliphatic carbocycles. The molecule has 1 saturated heterocycles. The number of halogens is 1. The number of pyridine rings is 1. The van der Waals surface area contributed by atoms with E-state index in [1.165, 1.54) is 23.5 Å². The first-order valence-corrected chi connectivity index (χ1v) is 14.4. The topological polar surface area (TPSA) is 83.5 Å². The number of sulfonamides is 1. The van der Waals surface area contributed by atoms with Crippen molar-refractivity contribution in [3.05, 3.63) is 83.1 Å². The number of anilines is 1. The van der Waals surface area contributed by atoms with Crippen LogP contribution in [0.15, 0.2) is 71.9 Å². The van der Waals surface area contributed by atoms with Gasteiger partial charge in [-0.15, -0.1) is 0 Å². The predicted octanol–water partition coefficient (Wildman–Crippen LogP) is 5.76. The molecule has 10 heteroatoms. The summed E-state index contributed by atoms with van der Waals surface area (Å²) in [6, 6.07) is 15.3. The Morgan fingerprint density at radius 1 is 1.03 bits per heavy atom. The van der Waals surface area contributed by atoms with Gasteiger partial charge in [-0.3, -0.25) is 14.7 Å². The summed E-state index contributed by atoms with van der Waals surface area (Å²) in [5, 5.41) is 1.13. The number of amides is 1. The number of hydrogen-bond donors (Lipinski definition) is 0. The zero-order valence-electron chi connectivity index (χ0n) is 19.5. The highest BCUT2D eigenvalue weighted by Crippen LogP contribution is 2.32. The minimum atomic E-state index is -3.59. The van der Waals surface area contributed by atoms with Gasteiger partial charge in [-0.2, -0.15) is 4.31 Å².